The number of aliphatic hydroxyl groups is 1. The van der Waals surface area contributed by atoms with Crippen LogP contribution >= 0.6 is 0 Å². The van der Waals surface area contributed by atoms with E-state index in [1.54, 1.807) is 0 Å². The van der Waals surface area contributed by atoms with E-state index in [1.807, 2.05) is 25.1 Å². The first-order valence-electron chi connectivity index (χ1n) is 5.04. The molecule has 80 valence electrons. The summed E-state index contributed by atoms with van der Waals surface area (Å²) in [7, 11) is 0. The molecule has 1 heterocycles. The van der Waals surface area contributed by atoms with E-state index in [2.05, 4.69) is 9.97 Å². The number of aromatic amines is 1. The predicted octanol–water partition coefficient (Wildman–Crippen LogP) is 1.25. The van der Waals surface area contributed by atoms with Gasteiger partial charge in [0.05, 0.1) is 17.1 Å². The van der Waals surface area contributed by atoms with Gasteiger partial charge in [0.1, 0.15) is 5.82 Å². The molecule has 4 heteroatoms. The Labute approximate surface area is 88.1 Å². The molecule has 1 aromatic heterocycles. The minimum absolute atomic E-state index is 0.0805. The standard InChI is InChI=1S/C11H15N3O/c1-7-3-2-4-9-10(7)14-11(13-9)8(12)5-6-15/h2-4,8,15H,5-6,12H2,1H3,(H,13,14)/t8-/m1/s1. The van der Waals surface area contributed by atoms with Crippen LogP contribution in [0, 0.1) is 6.92 Å². The molecule has 0 fully saturated rings. The summed E-state index contributed by atoms with van der Waals surface area (Å²) in [6, 6.07) is 5.76. The van der Waals surface area contributed by atoms with Crippen LogP contribution in [0.3, 0.4) is 0 Å². The smallest absolute Gasteiger partial charge is 0.124 e. The number of rotatable bonds is 3. The maximum absolute atomic E-state index is 8.81. The SMILES string of the molecule is Cc1cccc2[nH]c([C@H](N)CCO)nc12. The summed E-state index contributed by atoms with van der Waals surface area (Å²) in [5.74, 6) is 0.744. The summed E-state index contributed by atoms with van der Waals surface area (Å²) in [6.07, 6.45) is 0.527. The molecule has 15 heavy (non-hydrogen) atoms. The van der Waals surface area contributed by atoms with Gasteiger partial charge in [0.2, 0.25) is 0 Å². The van der Waals surface area contributed by atoms with Crippen molar-refractivity contribution in [3.63, 3.8) is 0 Å². The van der Waals surface area contributed by atoms with Gasteiger partial charge in [-0.05, 0) is 25.0 Å². The lowest BCUT2D eigenvalue weighted by atomic mass is 10.2. The lowest BCUT2D eigenvalue weighted by Crippen LogP contribution is -2.13. The zero-order valence-corrected chi connectivity index (χ0v) is 8.70. The lowest BCUT2D eigenvalue weighted by molar-refractivity contribution is 0.275. The number of imidazole rings is 1. The molecule has 4 nitrogen and oxygen atoms in total. The van der Waals surface area contributed by atoms with E-state index < -0.39 is 0 Å². The van der Waals surface area contributed by atoms with Crippen LogP contribution in [-0.4, -0.2) is 21.7 Å². The zero-order chi connectivity index (χ0) is 10.8. The van der Waals surface area contributed by atoms with E-state index in [0.29, 0.717) is 6.42 Å². The fourth-order valence-corrected chi connectivity index (χ4v) is 1.65. The molecule has 0 bridgehead atoms. The second-order valence-corrected chi connectivity index (χ2v) is 3.71. The van der Waals surface area contributed by atoms with E-state index in [-0.39, 0.29) is 12.6 Å². The van der Waals surface area contributed by atoms with Gasteiger partial charge in [-0.15, -0.1) is 0 Å². The Morgan fingerprint density at radius 3 is 3.00 bits per heavy atom. The highest BCUT2D eigenvalue weighted by molar-refractivity contribution is 5.78. The van der Waals surface area contributed by atoms with Crippen LogP contribution < -0.4 is 5.73 Å². The molecule has 0 unspecified atom stereocenters. The Bertz CT molecular complexity index is 464. The number of nitrogens with zero attached hydrogens (tertiary/aromatic N) is 1. The summed E-state index contributed by atoms with van der Waals surface area (Å²) < 4.78 is 0. The van der Waals surface area contributed by atoms with Gasteiger partial charge in [-0.2, -0.15) is 0 Å². The van der Waals surface area contributed by atoms with Crippen molar-refractivity contribution in [3.05, 3.63) is 29.6 Å². The quantitative estimate of drug-likeness (QED) is 0.706. The second kappa shape index (κ2) is 4.00. The Hall–Kier alpha value is -1.39. The van der Waals surface area contributed by atoms with Crippen molar-refractivity contribution in [2.45, 2.75) is 19.4 Å². The maximum atomic E-state index is 8.81. The van der Waals surface area contributed by atoms with Crippen LogP contribution in [0.15, 0.2) is 18.2 Å². The fraction of sp³-hybridized carbons (Fsp3) is 0.364. The van der Waals surface area contributed by atoms with Gasteiger partial charge in [0, 0.05) is 6.61 Å². The number of H-pyrrole nitrogens is 1. The highest BCUT2D eigenvalue weighted by Crippen LogP contribution is 2.19. The monoisotopic (exact) mass is 205 g/mol. The van der Waals surface area contributed by atoms with Gasteiger partial charge in [-0.1, -0.05) is 12.1 Å². The van der Waals surface area contributed by atoms with E-state index in [9.17, 15) is 0 Å². The average molecular weight is 205 g/mol. The predicted molar refractivity (Wildman–Crippen MR) is 59.5 cm³/mol. The zero-order valence-electron chi connectivity index (χ0n) is 8.70. The third kappa shape index (κ3) is 1.86. The van der Waals surface area contributed by atoms with Crippen molar-refractivity contribution >= 4 is 11.0 Å². The van der Waals surface area contributed by atoms with Gasteiger partial charge < -0.3 is 15.8 Å². The molecule has 0 saturated heterocycles. The lowest BCUT2D eigenvalue weighted by Gasteiger charge is -2.04. The second-order valence-electron chi connectivity index (χ2n) is 3.71. The fourth-order valence-electron chi connectivity index (χ4n) is 1.65. The first-order chi connectivity index (χ1) is 7.22. The highest BCUT2D eigenvalue weighted by atomic mass is 16.3. The molecular formula is C11H15N3O. The minimum atomic E-state index is -0.221. The topological polar surface area (TPSA) is 74.9 Å². The molecule has 4 N–H and O–H groups in total. The van der Waals surface area contributed by atoms with Gasteiger partial charge in [0.15, 0.2) is 0 Å². The number of nitrogens with two attached hydrogens (primary N) is 1. The number of fused-ring (bicyclic) bond motifs is 1. The largest absolute Gasteiger partial charge is 0.396 e. The molecule has 0 spiro atoms. The van der Waals surface area contributed by atoms with Crippen LogP contribution in [0.4, 0.5) is 0 Å². The van der Waals surface area contributed by atoms with Crippen LogP contribution in [-0.2, 0) is 0 Å². The molecule has 2 rings (SSSR count). The van der Waals surface area contributed by atoms with Crippen LogP contribution in [0.25, 0.3) is 11.0 Å². The molecule has 0 saturated carbocycles. The molecule has 0 aliphatic carbocycles. The van der Waals surface area contributed by atoms with Crippen molar-refractivity contribution in [1.82, 2.24) is 9.97 Å². The van der Waals surface area contributed by atoms with E-state index in [0.717, 1.165) is 22.4 Å². The average Bonchev–Trinajstić information content (AvgIpc) is 2.63. The maximum Gasteiger partial charge on any atom is 0.124 e. The van der Waals surface area contributed by atoms with E-state index >= 15 is 0 Å². The number of para-hydroxylation sites is 1. The van der Waals surface area contributed by atoms with Crippen LogP contribution in [0.1, 0.15) is 23.9 Å². The third-order valence-electron chi connectivity index (χ3n) is 2.52. The van der Waals surface area contributed by atoms with Crippen molar-refractivity contribution in [1.29, 1.82) is 0 Å². The molecule has 0 amide bonds. The number of hydrogen-bond donors (Lipinski definition) is 3. The Morgan fingerprint density at radius 1 is 1.53 bits per heavy atom. The summed E-state index contributed by atoms with van der Waals surface area (Å²) >= 11 is 0. The Morgan fingerprint density at radius 2 is 2.33 bits per heavy atom. The normalized spacial score (nSPS) is 13.3. The molecule has 1 atom stereocenters. The van der Waals surface area contributed by atoms with Crippen LogP contribution in [0.5, 0.6) is 0 Å². The number of aliphatic hydroxyl groups excluding tert-OH is 1. The van der Waals surface area contributed by atoms with Gasteiger partial charge >= 0.3 is 0 Å². The van der Waals surface area contributed by atoms with Gasteiger partial charge in [0.25, 0.3) is 0 Å². The van der Waals surface area contributed by atoms with Gasteiger partial charge in [-0.3, -0.25) is 0 Å². The van der Waals surface area contributed by atoms with Crippen LogP contribution in [0.2, 0.25) is 0 Å². The highest BCUT2D eigenvalue weighted by Gasteiger charge is 2.11. The van der Waals surface area contributed by atoms with Gasteiger partial charge in [-0.25, -0.2) is 4.98 Å². The number of hydrogen-bond acceptors (Lipinski definition) is 3. The number of nitrogens with one attached hydrogen (secondary N) is 1. The van der Waals surface area contributed by atoms with E-state index in [1.165, 1.54) is 0 Å². The molecule has 2 aromatic rings. The number of benzene rings is 1. The van der Waals surface area contributed by atoms with Crippen molar-refractivity contribution < 1.29 is 5.11 Å². The summed E-state index contributed by atoms with van der Waals surface area (Å²) in [5.41, 5.74) is 8.95. The Kier molecular flexibility index (Phi) is 2.70. The minimum Gasteiger partial charge on any atom is -0.396 e. The molecule has 1 aromatic carbocycles. The summed E-state index contributed by atoms with van der Waals surface area (Å²) in [4.78, 5) is 7.61. The molecular weight excluding hydrogens is 190 g/mol. The first kappa shape index (κ1) is 10.1. The first-order valence-corrected chi connectivity index (χ1v) is 5.04. The molecule has 0 aliphatic rings. The van der Waals surface area contributed by atoms with Crippen molar-refractivity contribution in [2.24, 2.45) is 5.73 Å². The third-order valence-corrected chi connectivity index (χ3v) is 2.52. The number of aromatic nitrogens is 2. The van der Waals surface area contributed by atoms with Crippen molar-refractivity contribution in [3.8, 4) is 0 Å². The van der Waals surface area contributed by atoms with E-state index in [4.69, 9.17) is 10.8 Å². The summed E-state index contributed by atoms with van der Waals surface area (Å²) in [6.45, 7) is 2.10. The number of aryl methyl sites for hydroxylation is 1. The molecule has 0 aliphatic heterocycles. The Balaban J connectivity index is 2.43. The molecule has 0 radical (unpaired) electrons. The summed E-state index contributed by atoms with van der Waals surface area (Å²) in [5, 5.41) is 8.81. The van der Waals surface area contributed by atoms with Crippen molar-refractivity contribution in [2.75, 3.05) is 6.61 Å².